The van der Waals surface area contributed by atoms with Crippen LogP contribution in [0, 0.1) is 5.41 Å². The van der Waals surface area contributed by atoms with Crippen LogP contribution in [0.3, 0.4) is 0 Å². The molecular weight excluding hydrogens is 1330 g/mol. The van der Waals surface area contributed by atoms with E-state index in [0.29, 0.717) is 120 Å². The van der Waals surface area contributed by atoms with E-state index in [1.807, 2.05) is 172 Å². The van der Waals surface area contributed by atoms with Gasteiger partial charge in [0.2, 0.25) is 0 Å². The minimum absolute atomic E-state index is 0.0746. The van der Waals surface area contributed by atoms with Gasteiger partial charge in [-0.1, -0.05) is 109 Å². The summed E-state index contributed by atoms with van der Waals surface area (Å²) in [7, 11) is -9.18. The summed E-state index contributed by atoms with van der Waals surface area (Å²) in [5.74, 6) is -0.228. The molecular formula is C71H100N6O19Si3. The molecule has 25 nitrogen and oxygen atoms in total. The molecule has 0 spiro atoms. The minimum Gasteiger partial charge on any atom is -0.507 e. The van der Waals surface area contributed by atoms with E-state index in [9.17, 15) is 24.3 Å². The molecule has 1 aromatic heterocycles. The summed E-state index contributed by atoms with van der Waals surface area (Å²) in [4.78, 5) is 69.9. The first-order chi connectivity index (χ1) is 48.0. The predicted octanol–water partition coefficient (Wildman–Crippen LogP) is 12.7. The van der Waals surface area contributed by atoms with Crippen LogP contribution in [0.2, 0.25) is 18.1 Å². The molecule has 0 aliphatic carbocycles. The SMILES string of the molecule is CCO[Si](CCCNC(=O)OCC(COC(=O)NCCC[Si](OCC)(OCC)OCC)(COC(=O)NCCC[Si](OCC)(OCC)OCC)COC(=O)C(C)Oc1ccc(-c2nc(-c3ccc(-c4ccccc4)cc3)nc(-c3ccc(-c4ccccc4)cc3)n2)c(O)c1)(OCC)OCC. The number of hydrogen-bond acceptors (Lipinski definition) is 22. The molecule has 0 saturated carbocycles. The van der Waals surface area contributed by atoms with Gasteiger partial charge in [-0.15, -0.1) is 0 Å². The molecule has 6 aromatic rings. The number of alkyl carbamates (subject to hydrolysis) is 3. The van der Waals surface area contributed by atoms with Gasteiger partial charge in [-0.25, -0.2) is 34.1 Å². The van der Waals surface area contributed by atoms with Gasteiger partial charge in [-0.2, -0.15) is 0 Å². The zero-order chi connectivity index (χ0) is 71.4. The van der Waals surface area contributed by atoms with E-state index in [-0.39, 0.29) is 42.5 Å². The average molecular weight is 1430 g/mol. The van der Waals surface area contributed by atoms with Crippen LogP contribution in [0.4, 0.5) is 14.4 Å². The van der Waals surface area contributed by atoms with Crippen molar-refractivity contribution in [3.05, 3.63) is 127 Å². The van der Waals surface area contributed by atoms with Gasteiger partial charge in [0.15, 0.2) is 23.6 Å². The summed E-state index contributed by atoms with van der Waals surface area (Å²) in [6.07, 6.45) is -2.80. The fourth-order valence-corrected chi connectivity index (χ4v) is 18.4. The zero-order valence-corrected chi connectivity index (χ0v) is 61.9. The van der Waals surface area contributed by atoms with Crippen molar-refractivity contribution in [2.24, 2.45) is 5.41 Å². The maximum Gasteiger partial charge on any atom is 0.500 e. The van der Waals surface area contributed by atoms with Crippen LogP contribution >= 0.6 is 0 Å². The number of phenols is 1. The van der Waals surface area contributed by atoms with Crippen LogP contribution in [0.25, 0.3) is 56.4 Å². The van der Waals surface area contributed by atoms with Crippen molar-refractivity contribution in [1.29, 1.82) is 0 Å². The van der Waals surface area contributed by atoms with E-state index < -0.39 is 88.6 Å². The first-order valence-electron chi connectivity index (χ1n) is 34.2. The summed E-state index contributed by atoms with van der Waals surface area (Å²) >= 11 is 0. The number of nitrogens with one attached hydrogen (secondary N) is 3. The lowest BCUT2D eigenvalue weighted by molar-refractivity contribution is -0.158. The van der Waals surface area contributed by atoms with E-state index in [4.69, 9.17) is 78.5 Å². The van der Waals surface area contributed by atoms with E-state index in [1.165, 1.54) is 13.0 Å². The quantitative estimate of drug-likeness (QED) is 0.0119. The second-order valence-corrected chi connectivity index (χ2v) is 30.7. The Labute approximate surface area is 585 Å². The number of ether oxygens (including phenoxy) is 5. The molecule has 0 saturated heterocycles. The van der Waals surface area contributed by atoms with Crippen molar-refractivity contribution in [1.82, 2.24) is 30.9 Å². The highest BCUT2D eigenvalue weighted by atomic mass is 28.4. The van der Waals surface area contributed by atoms with Crippen LogP contribution in [-0.4, -0.2) is 182 Å². The summed E-state index contributed by atoms with van der Waals surface area (Å²) in [5, 5.41) is 20.0. The van der Waals surface area contributed by atoms with Crippen LogP contribution in [-0.2, 0) is 63.6 Å². The Morgan fingerprint density at radius 3 is 1.03 bits per heavy atom. The molecule has 0 bridgehead atoms. The number of carbonyl (C=O) groups excluding carboxylic acids is 4. The average Bonchev–Trinajstić information content (AvgIpc) is 0.792. The van der Waals surface area contributed by atoms with Crippen molar-refractivity contribution in [2.45, 2.75) is 113 Å². The topological polar surface area (TPSA) is 292 Å². The third-order valence-corrected chi connectivity index (χ3v) is 24.6. The molecule has 6 rings (SSSR count). The van der Waals surface area contributed by atoms with E-state index >= 15 is 0 Å². The Kier molecular flexibility index (Phi) is 34.4. The molecule has 1 unspecified atom stereocenters. The van der Waals surface area contributed by atoms with Crippen LogP contribution in [0.1, 0.15) is 88.5 Å². The maximum absolute atomic E-state index is 14.2. The Morgan fingerprint density at radius 1 is 0.404 bits per heavy atom. The van der Waals surface area contributed by atoms with Gasteiger partial charge in [0.05, 0.1) is 5.56 Å². The molecule has 1 atom stereocenters. The Hall–Kier alpha value is -7.72. The van der Waals surface area contributed by atoms with Gasteiger partial charge >= 0.3 is 50.7 Å². The lowest BCUT2D eigenvalue weighted by atomic mass is 9.92. The molecule has 0 fully saturated rings. The van der Waals surface area contributed by atoms with Crippen molar-refractivity contribution >= 4 is 50.7 Å². The largest absolute Gasteiger partial charge is 0.507 e. The molecule has 3 amide bonds. The number of aromatic hydroxyl groups is 1. The number of phenolic OH excluding ortho intramolecular Hbond substituents is 1. The number of carbonyl (C=O) groups is 4. The molecule has 28 heteroatoms. The first kappa shape index (κ1) is 80.3. The predicted molar refractivity (Wildman–Crippen MR) is 380 cm³/mol. The Morgan fingerprint density at radius 2 is 0.707 bits per heavy atom. The van der Waals surface area contributed by atoms with Gasteiger partial charge in [-0.05, 0) is 123 Å². The van der Waals surface area contributed by atoms with E-state index in [2.05, 4.69) is 16.0 Å². The monoisotopic (exact) mass is 1420 g/mol. The summed E-state index contributed by atoms with van der Waals surface area (Å²) < 4.78 is 83.4. The molecule has 0 aliphatic rings. The molecule has 1 heterocycles. The number of nitrogens with zero attached hydrogens (tertiary/aromatic N) is 3. The Balaban J connectivity index is 1.25. The highest BCUT2D eigenvalue weighted by molar-refractivity contribution is 6.61. The van der Waals surface area contributed by atoms with Crippen LogP contribution in [0.5, 0.6) is 11.5 Å². The van der Waals surface area contributed by atoms with Crippen molar-refractivity contribution in [2.75, 3.05) is 106 Å². The first-order valence-corrected chi connectivity index (χ1v) is 40.0. The summed E-state index contributed by atoms with van der Waals surface area (Å²) in [5.41, 5.74) is 4.03. The molecule has 0 aliphatic heterocycles. The molecule has 0 radical (unpaired) electrons. The van der Waals surface area contributed by atoms with Crippen molar-refractivity contribution in [3.8, 4) is 67.9 Å². The molecule has 540 valence electrons. The standard InChI is InChI=1S/C71H100N6O19Si3/c1-11-87-97(88-12-2,89-13-3)46-26-43-72-68(80)84-51-71(52-85-69(81)73-44-27-47-98(90-14-4,91-15-5)92-16-6,53-86-70(82)74-45-28-48-99(93-17-7,94-18-8)95-19-9)50-83-67(79)54(10)96-61-41-42-62(63(78)49-61)66-76-64(59-37-33-57(34-38-59)55-29-22-20-23-30-55)75-65(77-66)60-39-35-58(36-40-60)56-31-24-21-25-32-56/h20-25,29-42,49,54,78H,11-19,26-28,43-48,50-53H2,1-10H3,(H,72,80)(H,73,81)(H,74,82). The number of amides is 3. The fraction of sp³-hybridized carbons (Fsp3) is 0.479. The normalized spacial score (nSPS) is 12.1. The molecule has 99 heavy (non-hydrogen) atoms. The van der Waals surface area contributed by atoms with Gasteiger partial charge in [0.1, 0.15) is 43.3 Å². The second kappa shape index (κ2) is 42.4. The van der Waals surface area contributed by atoms with E-state index in [0.717, 1.165) is 22.3 Å². The lowest BCUT2D eigenvalue weighted by Gasteiger charge is -2.32. The third-order valence-electron chi connectivity index (χ3n) is 15.1. The molecule has 5 aromatic carbocycles. The summed E-state index contributed by atoms with van der Waals surface area (Å²) in [6.45, 7) is 19.3. The summed E-state index contributed by atoms with van der Waals surface area (Å²) in [6, 6.07) is 41.4. The smallest absolute Gasteiger partial charge is 0.500 e. The second-order valence-electron chi connectivity index (χ2n) is 22.5. The van der Waals surface area contributed by atoms with Crippen molar-refractivity contribution in [3.63, 3.8) is 0 Å². The number of rotatable bonds is 46. The number of aromatic nitrogens is 3. The van der Waals surface area contributed by atoms with Gasteiger partial charge < -0.3 is 84.6 Å². The van der Waals surface area contributed by atoms with Crippen molar-refractivity contribution < 1.29 is 87.8 Å². The maximum atomic E-state index is 14.2. The minimum atomic E-state index is -3.06. The number of esters is 1. The van der Waals surface area contributed by atoms with Gasteiger partial charge in [0.25, 0.3) is 0 Å². The Bertz CT molecular complexity index is 3090. The van der Waals surface area contributed by atoms with Gasteiger partial charge in [-0.3, -0.25) is 0 Å². The van der Waals surface area contributed by atoms with E-state index in [1.54, 1.807) is 12.1 Å². The molecule has 4 N–H and O–H groups in total. The highest BCUT2D eigenvalue weighted by Gasteiger charge is 2.43. The fourth-order valence-electron chi connectivity index (χ4n) is 10.6. The van der Waals surface area contributed by atoms with Gasteiger partial charge in [0, 0.05) is 114 Å². The number of hydrogen-bond donors (Lipinski definition) is 4. The zero-order valence-electron chi connectivity index (χ0n) is 58.9. The van der Waals surface area contributed by atoms with Crippen LogP contribution in [0.15, 0.2) is 127 Å². The van der Waals surface area contributed by atoms with Crippen LogP contribution < -0.4 is 20.7 Å². The number of benzene rings is 5. The lowest BCUT2D eigenvalue weighted by Crippen LogP contribution is -2.48. The highest BCUT2D eigenvalue weighted by Crippen LogP contribution is 2.35. The third kappa shape index (κ3) is 25.8.